The molecule has 0 radical (unpaired) electrons. The summed E-state index contributed by atoms with van der Waals surface area (Å²) in [5.41, 5.74) is 1.16. The van der Waals surface area contributed by atoms with E-state index in [-0.39, 0.29) is 0 Å². The number of aromatic nitrogens is 2. The third kappa shape index (κ3) is 1.61. The fourth-order valence-electron chi connectivity index (χ4n) is 1.86. The predicted octanol–water partition coefficient (Wildman–Crippen LogP) is 1.41. The second-order valence-corrected chi connectivity index (χ2v) is 3.86. The van der Waals surface area contributed by atoms with Gasteiger partial charge in [-0.05, 0) is 19.9 Å². The molecule has 13 heavy (non-hydrogen) atoms. The normalized spacial score (nSPS) is 17.4. The summed E-state index contributed by atoms with van der Waals surface area (Å²) in [6.45, 7) is 0.876. The molecular formula is C10H17N3. The van der Waals surface area contributed by atoms with Gasteiger partial charge in [0.1, 0.15) is 5.82 Å². The van der Waals surface area contributed by atoms with Crippen LogP contribution in [0.2, 0.25) is 0 Å². The van der Waals surface area contributed by atoms with E-state index < -0.39 is 0 Å². The molecule has 0 unspecified atom stereocenters. The van der Waals surface area contributed by atoms with Crippen LogP contribution < -0.4 is 5.32 Å². The molecule has 0 bridgehead atoms. The molecule has 0 saturated heterocycles. The van der Waals surface area contributed by atoms with Crippen LogP contribution in [-0.2, 0) is 13.6 Å². The van der Waals surface area contributed by atoms with Gasteiger partial charge in [0.2, 0.25) is 0 Å². The van der Waals surface area contributed by atoms with Crippen molar-refractivity contribution in [3.05, 3.63) is 17.7 Å². The lowest BCUT2D eigenvalue weighted by Crippen LogP contribution is -2.13. The molecule has 72 valence electrons. The van der Waals surface area contributed by atoms with E-state index in [1.165, 1.54) is 25.1 Å². The van der Waals surface area contributed by atoms with Crippen molar-refractivity contribution in [2.24, 2.45) is 7.05 Å². The molecule has 0 aliphatic heterocycles. The molecule has 1 heterocycles. The van der Waals surface area contributed by atoms with Gasteiger partial charge in [0, 0.05) is 25.7 Å². The molecule has 1 saturated carbocycles. The Morgan fingerprint density at radius 2 is 2.38 bits per heavy atom. The van der Waals surface area contributed by atoms with E-state index >= 15 is 0 Å². The van der Waals surface area contributed by atoms with Crippen molar-refractivity contribution in [2.45, 2.75) is 31.7 Å². The smallest absolute Gasteiger partial charge is 0.111 e. The fourth-order valence-corrected chi connectivity index (χ4v) is 1.86. The maximum Gasteiger partial charge on any atom is 0.111 e. The quantitative estimate of drug-likeness (QED) is 0.760. The lowest BCUT2D eigenvalue weighted by molar-refractivity contribution is 0.393. The largest absolute Gasteiger partial charge is 0.337 e. The topological polar surface area (TPSA) is 29.9 Å². The first-order valence-corrected chi connectivity index (χ1v) is 4.98. The number of aryl methyl sites for hydroxylation is 1. The molecule has 1 aliphatic carbocycles. The molecule has 1 N–H and O–H groups in total. The highest BCUT2D eigenvalue weighted by Crippen LogP contribution is 2.35. The van der Waals surface area contributed by atoms with Crippen molar-refractivity contribution in [1.29, 1.82) is 0 Å². The van der Waals surface area contributed by atoms with E-state index in [2.05, 4.69) is 28.1 Å². The monoisotopic (exact) mass is 179 g/mol. The van der Waals surface area contributed by atoms with Crippen LogP contribution in [0.4, 0.5) is 0 Å². The predicted molar refractivity (Wildman–Crippen MR) is 52.6 cm³/mol. The zero-order chi connectivity index (χ0) is 9.26. The van der Waals surface area contributed by atoms with Crippen LogP contribution in [0, 0.1) is 0 Å². The second kappa shape index (κ2) is 3.50. The Kier molecular flexibility index (Phi) is 2.36. The summed E-state index contributed by atoms with van der Waals surface area (Å²) >= 11 is 0. The Morgan fingerprint density at radius 1 is 1.62 bits per heavy atom. The molecule has 1 aromatic heterocycles. The molecule has 1 fully saturated rings. The van der Waals surface area contributed by atoms with Crippen molar-refractivity contribution < 1.29 is 0 Å². The van der Waals surface area contributed by atoms with Crippen LogP contribution in [0.5, 0.6) is 0 Å². The molecule has 0 atom stereocenters. The molecule has 1 aliphatic rings. The van der Waals surface area contributed by atoms with Crippen molar-refractivity contribution in [1.82, 2.24) is 14.9 Å². The van der Waals surface area contributed by atoms with Gasteiger partial charge in [-0.3, -0.25) is 0 Å². The van der Waals surface area contributed by atoms with Gasteiger partial charge in [0.25, 0.3) is 0 Å². The maximum atomic E-state index is 4.62. The first kappa shape index (κ1) is 8.75. The maximum absolute atomic E-state index is 4.62. The number of hydrogen-bond acceptors (Lipinski definition) is 2. The number of nitrogens with one attached hydrogen (secondary N) is 1. The van der Waals surface area contributed by atoms with Crippen LogP contribution >= 0.6 is 0 Å². The first-order chi connectivity index (χ1) is 6.31. The summed E-state index contributed by atoms with van der Waals surface area (Å²) < 4.78 is 2.18. The highest BCUT2D eigenvalue weighted by Gasteiger charge is 2.23. The van der Waals surface area contributed by atoms with Crippen LogP contribution in [0.3, 0.4) is 0 Å². The number of rotatable bonds is 3. The van der Waals surface area contributed by atoms with E-state index in [0.717, 1.165) is 18.2 Å². The third-order valence-electron chi connectivity index (χ3n) is 2.79. The number of hydrogen-bond donors (Lipinski definition) is 1. The van der Waals surface area contributed by atoms with E-state index in [9.17, 15) is 0 Å². The van der Waals surface area contributed by atoms with Gasteiger partial charge in [-0.25, -0.2) is 4.98 Å². The van der Waals surface area contributed by atoms with Gasteiger partial charge in [-0.2, -0.15) is 0 Å². The summed E-state index contributed by atoms with van der Waals surface area (Å²) in [6, 6.07) is 0. The van der Waals surface area contributed by atoms with Crippen molar-refractivity contribution in [3.63, 3.8) is 0 Å². The Hall–Kier alpha value is -0.830. The van der Waals surface area contributed by atoms with E-state index in [1.807, 2.05) is 7.05 Å². The average Bonchev–Trinajstić information content (AvgIpc) is 2.30. The molecule has 0 aromatic carbocycles. The second-order valence-electron chi connectivity index (χ2n) is 3.86. The zero-order valence-electron chi connectivity index (χ0n) is 8.38. The van der Waals surface area contributed by atoms with Gasteiger partial charge in [-0.1, -0.05) is 6.42 Å². The van der Waals surface area contributed by atoms with Crippen molar-refractivity contribution in [3.8, 4) is 0 Å². The molecule has 0 spiro atoms. The van der Waals surface area contributed by atoms with Gasteiger partial charge in [0.05, 0.1) is 5.69 Å². The van der Waals surface area contributed by atoms with Crippen LogP contribution in [-0.4, -0.2) is 16.6 Å². The number of nitrogens with zero attached hydrogens (tertiary/aromatic N) is 2. The molecule has 1 aromatic rings. The lowest BCUT2D eigenvalue weighted by Gasteiger charge is -2.24. The summed E-state index contributed by atoms with van der Waals surface area (Å²) in [5, 5.41) is 3.12. The van der Waals surface area contributed by atoms with E-state index in [1.54, 1.807) is 0 Å². The molecule has 2 rings (SSSR count). The highest BCUT2D eigenvalue weighted by atomic mass is 15.1. The van der Waals surface area contributed by atoms with E-state index in [4.69, 9.17) is 0 Å². The summed E-state index contributed by atoms with van der Waals surface area (Å²) in [6.07, 6.45) is 6.15. The van der Waals surface area contributed by atoms with Gasteiger partial charge in [-0.15, -0.1) is 0 Å². The Balaban J connectivity index is 2.15. The molecule has 0 amide bonds. The lowest BCUT2D eigenvalue weighted by atomic mass is 9.85. The minimum absolute atomic E-state index is 0.732. The highest BCUT2D eigenvalue weighted by molar-refractivity contribution is 5.10. The van der Waals surface area contributed by atoms with Crippen LogP contribution in [0.1, 0.15) is 36.7 Å². The Labute approximate surface area is 79.2 Å². The van der Waals surface area contributed by atoms with Crippen LogP contribution in [0.15, 0.2) is 6.20 Å². The minimum atomic E-state index is 0.732. The van der Waals surface area contributed by atoms with Gasteiger partial charge >= 0.3 is 0 Å². The van der Waals surface area contributed by atoms with Gasteiger partial charge in [0.15, 0.2) is 0 Å². The third-order valence-corrected chi connectivity index (χ3v) is 2.79. The van der Waals surface area contributed by atoms with E-state index in [0.29, 0.717) is 0 Å². The summed E-state index contributed by atoms with van der Waals surface area (Å²) in [5.74, 6) is 2.01. The Bertz CT molecular complexity index is 286. The first-order valence-electron chi connectivity index (χ1n) is 4.98. The Morgan fingerprint density at radius 3 is 2.92 bits per heavy atom. The number of imidazole rings is 1. The van der Waals surface area contributed by atoms with Crippen LogP contribution in [0.25, 0.3) is 0 Å². The average molecular weight is 179 g/mol. The standard InChI is InChI=1S/C10H17N3/c1-11-6-9-7-13(2)10(12-9)8-4-3-5-8/h7-8,11H,3-6H2,1-2H3. The SMILES string of the molecule is CNCc1cn(C)c(C2CCC2)n1. The molecular weight excluding hydrogens is 162 g/mol. The van der Waals surface area contributed by atoms with Crippen molar-refractivity contribution in [2.75, 3.05) is 7.05 Å². The van der Waals surface area contributed by atoms with Crippen molar-refractivity contribution >= 4 is 0 Å². The van der Waals surface area contributed by atoms with Gasteiger partial charge < -0.3 is 9.88 Å². The zero-order valence-corrected chi connectivity index (χ0v) is 8.38. The molecule has 3 nitrogen and oxygen atoms in total. The minimum Gasteiger partial charge on any atom is -0.337 e. The fraction of sp³-hybridized carbons (Fsp3) is 0.700. The summed E-state index contributed by atoms with van der Waals surface area (Å²) in [7, 11) is 4.05. The summed E-state index contributed by atoms with van der Waals surface area (Å²) in [4.78, 5) is 4.62. The molecule has 3 heteroatoms.